The fourth-order valence-electron chi connectivity index (χ4n) is 1.38. The van der Waals surface area contributed by atoms with Crippen molar-refractivity contribution in [2.24, 2.45) is 5.92 Å². The number of hydrogen-bond acceptors (Lipinski definition) is 3. The third-order valence-corrected chi connectivity index (χ3v) is 2.49. The Morgan fingerprint density at radius 2 is 2.29 bits per heavy atom. The second kappa shape index (κ2) is 4.84. The lowest BCUT2D eigenvalue weighted by molar-refractivity contribution is 0.560. The Labute approximate surface area is 85.9 Å². The summed E-state index contributed by atoms with van der Waals surface area (Å²) in [6, 6.07) is 3.89. The van der Waals surface area contributed by atoms with E-state index >= 15 is 0 Å². The van der Waals surface area contributed by atoms with Gasteiger partial charge in [0.15, 0.2) is 0 Å². The first-order chi connectivity index (χ1) is 6.63. The van der Waals surface area contributed by atoms with Gasteiger partial charge in [0.05, 0.1) is 0 Å². The van der Waals surface area contributed by atoms with E-state index in [4.69, 9.17) is 5.73 Å². The number of pyridine rings is 1. The summed E-state index contributed by atoms with van der Waals surface area (Å²) in [7, 11) is 2.08. The van der Waals surface area contributed by atoms with E-state index in [9.17, 15) is 0 Å². The van der Waals surface area contributed by atoms with Crippen molar-refractivity contribution < 1.29 is 0 Å². The topological polar surface area (TPSA) is 42.2 Å². The number of hydrogen-bond donors (Lipinski definition) is 1. The Kier molecular flexibility index (Phi) is 3.74. The number of rotatable bonds is 4. The minimum Gasteiger partial charge on any atom is -0.384 e. The van der Waals surface area contributed by atoms with E-state index in [1.165, 1.54) is 6.42 Å². The second-order valence-corrected chi connectivity index (χ2v) is 3.83. The van der Waals surface area contributed by atoms with Crippen LogP contribution < -0.4 is 10.6 Å². The van der Waals surface area contributed by atoms with Crippen LogP contribution in [-0.4, -0.2) is 18.6 Å². The molecule has 1 aromatic rings. The summed E-state index contributed by atoms with van der Waals surface area (Å²) in [5.74, 6) is 1.29. The van der Waals surface area contributed by atoms with Crippen molar-refractivity contribution in [3.8, 4) is 0 Å². The second-order valence-electron chi connectivity index (χ2n) is 3.83. The van der Waals surface area contributed by atoms with Crippen molar-refractivity contribution in [1.82, 2.24) is 4.98 Å². The molecule has 14 heavy (non-hydrogen) atoms. The van der Waals surface area contributed by atoms with E-state index < -0.39 is 0 Å². The average molecular weight is 193 g/mol. The predicted molar refractivity (Wildman–Crippen MR) is 61.4 cm³/mol. The van der Waals surface area contributed by atoms with Crippen LogP contribution >= 0.6 is 0 Å². The Hall–Kier alpha value is -1.25. The third-order valence-electron chi connectivity index (χ3n) is 2.49. The van der Waals surface area contributed by atoms with Crippen LogP contribution in [0.3, 0.4) is 0 Å². The van der Waals surface area contributed by atoms with Crippen molar-refractivity contribution in [3.63, 3.8) is 0 Å². The molecule has 3 heteroatoms. The smallest absolute Gasteiger partial charge is 0.125 e. The minimum atomic E-state index is 0.582. The molecule has 0 saturated heterocycles. The van der Waals surface area contributed by atoms with Crippen molar-refractivity contribution in [2.45, 2.75) is 20.3 Å². The highest BCUT2D eigenvalue weighted by Gasteiger charge is 2.05. The van der Waals surface area contributed by atoms with Gasteiger partial charge in [0, 0.05) is 31.5 Å². The van der Waals surface area contributed by atoms with E-state index in [0.29, 0.717) is 11.7 Å². The van der Waals surface area contributed by atoms with E-state index in [2.05, 4.69) is 30.8 Å². The molecule has 2 N–H and O–H groups in total. The normalized spacial score (nSPS) is 12.5. The minimum absolute atomic E-state index is 0.582. The molecule has 0 fully saturated rings. The van der Waals surface area contributed by atoms with Crippen molar-refractivity contribution in [3.05, 3.63) is 18.3 Å². The quantitative estimate of drug-likeness (QED) is 0.796. The molecule has 78 valence electrons. The number of nitrogens with two attached hydrogens (primary N) is 1. The maximum absolute atomic E-state index is 5.62. The Bertz CT molecular complexity index is 286. The van der Waals surface area contributed by atoms with Crippen LogP contribution in [0.5, 0.6) is 0 Å². The van der Waals surface area contributed by atoms with Gasteiger partial charge in [0.25, 0.3) is 0 Å². The predicted octanol–water partition coefficient (Wildman–Crippen LogP) is 2.15. The molecular formula is C11H19N3. The van der Waals surface area contributed by atoms with Crippen LogP contribution in [0.4, 0.5) is 11.5 Å². The molecule has 3 nitrogen and oxygen atoms in total. The molecule has 1 heterocycles. The first-order valence-corrected chi connectivity index (χ1v) is 5.06. The largest absolute Gasteiger partial charge is 0.384 e. The molecule has 0 amide bonds. The molecule has 0 radical (unpaired) electrons. The number of nitrogens with zero attached hydrogens (tertiary/aromatic N) is 2. The maximum atomic E-state index is 5.62. The van der Waals surface area contributed by atoms with Gasteiger partial charge < -0.3 is 10.6 Å². The van der Waals surface area contributed by atoms with E-state index in [1.54, 1.807) is 6.20 Å². The highest BCUT2D eigenvalue weighted by molar-refractivity contribution is 5.51. The van der Waals surface area contributed by atoms with Gasteiger partial charge in [-0.05, 0) is 12.0 Å². The standard InChI is InChI=1S/C11H19N3/c1-4-9(2)8-14(3)10-5-6-13-11(12)7-10/h5-7,9H,4,8H2,1-3H3,(H2,12,13). The number of nitrogen functional groups attached to an aromatic ring is 1. The Morgan fingerprint density at radius 1 is 1.57 bits per heavy atom. The molecule has 1 atom stereocenters. The highest BCUT2D eigenvalue weighted by Crippen LogP contribution is 2.15. The molecule has 0 bridgehead atoms. The summed E-state index contributed by atoms with van der Waals surface area (Å²) < 4.78 is 0. The average Bonchev–Trinajstić information content (AvgIpc) is 2.17. The van der Waals surface area contributed by atoms with Crippen LogP contribution in [0.15, 0.2) is 18.3 Å². The molecule has 0 aliphatic carbocycles. The van der Waals surface area contributed by atoms with Crippen LogP contribution in [0.1, 0.15) is 20.3 Å². The lowest BCUT2D eigenvalue weighted by Gasteiger charge is -2.22. The highest BCUT2D eigenvalue weighted by atomic mass is 15.1. The SMILES string of the molecule is CCC(C)CN(C)c1ccnc(N)c1. The van der Waals surface area contributed by atoms with Crippen LogP contribution in [0.2, 0.25) is 0 Å². The molecule has 1 unspecified atom stereocenters. The number of aromatic nitrogens is 1. The van der Waals surface area contributed by atoms with Crippen LogP contribution in [-0.2, 0) is 0 Å². The molecule has 0 spiro atoms. The summed E-state index contributed by atoms with van der Waals surface area (Å²) >= 11 is 0. The third kappa shape index (κ3) is 2.91. The van der Waals surface area contributed by atoms with E-state index in [0.717, 1.165) is 12.2 Å². The molecule has 1 aromatic heterocycles. The summed E-state index contributed by atoms with van der Waals surface area (Å²) in [6.45, 7) is 5.51. The molecule has 0 aliphatic rings. The van der Waals surface area contributed by atoms with Gasteiger partial charge >= 0.3 is 0 Å². The van der Waals surface area contributed by atoms with E-state index in [1.807, 2.05) is 12.1 Å². The lowest BCUT2D eigenvalue weighted by atomic mass is 10.1. The monoisotopic (exact) mass is 193 g/mol. The van der Waals surface area contributed by atoms with Gasteiger partial charge in [-0.2, -0.15) is 0 Å². The fourth-order valence-corrected chi connectivity index (χ4v) is 1.38. The van der Waals surface area contributed by atoms with Crippen molar-refractivity contribution >= 4 is 11.5 Å². The summed E-state index contributed by atoms with van der Waals surface area (Å²) in [5, 5.41) is 0. The number of anilines is 2. The molecule has 0 aromatic carbocycles. The Morgan fingerprint density at radius 3 is 2.86 bits per heavy atom. The van der Waals surface area contributed by atoms with Gasteiger partial charge in [-0.25, -0.2) is 4.98 Å². The van der Waals surface area contributed by atoms with Gasteiger partial charge in [-0.1, -0.05) is 20.3 Å². The van der Waals surface area contributed by atoms with Crippen LogP contribution in [0, 0.1) is 5.92 Å². The van der Waals surface area contributed by atoms with Gasteiger partial charge in [-0.3, -0.25) is 0 Å². The zero-order valence-corrected chi connectivity index (χ0v) is 9.20. The van der Waals surface area contributed by atoms with Gasteiger partial charge in [0.2, 0.25) is 0 Å². The van der Waals surface area contributed by atoms with Gasteiger partial charge in [0.1, 0.15) is 5.82 Å². The zero-order valence-electron chi connectivity index (χ0n) is 9.20. The molecular weight excluding hydrogens is 174 g/mol. The lowest BCUT2D eigenvalue weighted by Crippen LogP contribution is -2.23. The molecule has 0 aliphatic heterocycles. The zero-order chi connectivity index (χ0) is 10.6. The summed E-state index contributed by atoms with van der Waals surface area (Å²) in [5.41, 5.74) is 6.76. The van der Waals surface area contributed by atoms with Gasteiger partial charge in [-0.15, -0.1) is 0 Å². The fraction of sp³-hybridized carbons (Fsp3) is 0.545. The Balaban J connectivity index is 2.64. The van der Waals surface area contributed by atoms with Crippen LogP contribution in [0.25, 0.3) is 0 Å². The molecule has 1 rings (SSSR count). The van der Waals surface area contributed by atoms with Crippen molar-refractivity contribution in [1.29, 1.82) is 0 Å². The summed E-state index contributed by atoms with van der Waals surface area (Å²) in [6.07, 6.45) is 2.95. The van der Waals surface area contributed by atoms with Crippen molar-refractivity contribution in [2.75, 3.05) is 24.2 Å². The summed E-state index contributed by atoms with van der Waals surface area (Å²) in [4.78, 5) is 6.19. The first kappa shape index (κ1) is 10.8. The van der Waals surface area contributed by atoms with E-state index in [-0.39, 0.29) is 0 Å². The molecule has 0 saturated carbocycles. The first-order valence-electron chi connectivity index (χ1n) is 5.06. The maximum Gasteiger partial charge on any atom is 0.125 e.